The van der Waals surface area contributed by atoms with Gasteiger partial charge in [-0.15, -0.1) is 0 Å². The second kappa shape index (κ2) is 6.83. The molecule has 1 aromatic carbocycles. The van der Waals surface area contributed by atoms with Crippen LogP contribution < -0.4 is 11.1 Å². The quantitative estimate of drug-likeness (QED) is 0.547. The lowest BCUT2D eigenvalue weighted by molar-refractivity contribution is 0.413. The number of nitrogens with two attached hydrogens (primary N) is 1. The van der Waals surface area contributed by atoms with Gasteiger partial charge in [0, 0.05) is 12.1 Å². The van der Waals surface area contributed by atoms with E-state index in [4.69, 9.17) is 14.7 Å². The Hall–Kier alpha value is -3.82. The molecule has 0 fully saturated rings. The summed E-state index contributed by atoms with van der Waals surface area (Å²) >= 11 is 0. The minimum Gasteiger partial charge on any atom is -0.456 e. The molecule has 0 aliphatic heterocycles. The number of aryl methyl sites for hydroxylation is 1. The highest BCUT2D eigenvalue weighted by Gasteiger charge is 2.17. The van der Waals surface area contributed by atoms with E-state index in [1.165, 1.54) is 6.07 Å². The monoisotopic (exact) mass is 367 g/mol. The highest BCUT2D eigenvalue weighted by atomic mass is 19.1. The molecule has 0 bridgehead atoms. The molecule has 0 saturated heterocycles. The number of benzene rings is 1. The smallest absolute Gasteiger partial charge is 0.294 e. The van der Waals surface area contributed by atoms with Gasteiger partial charge >= 0.3 is 0 Å². The van der Waals surface area contributed by atoms with Crippen LogP contribution in [0, 0.1) is 12.7 Å². The summed E-state index contributed by atoms with van der Waals surface area (Å²) in [7, 11) is 0. The number of aromatic nitrogens is 5. The van der Waals surface area contributed by atoms with E-state index in [0.29, 0.717) is 17.1 Å². The SMILES string of the molecule is Cc1ccc(-c2nc(-c3nc(N)nc(NCc4ccccc4F)n3)no2)o1. The largest absolute Gasteiger partial charge is 0.456 e. The average molecular weight is 367 g/mol. The van der Waals surface area contributed by atoms with Gasteiger partial charge in [-0.1, -0.05) is 23.4 Å². The molecule has 0 atom stereocenters. The molecule has 3 heterocycles. The summed E-state index contributed by atoms with van der Waals surface area (Å²) < 4.78 is 24.3. The molecule has 3 N–H and O–H groups in total. The summed E-state index contributed by atoms with van der Waals surface area (Å²) in [5, 5.41) is 6.75. The molecule has 27 heavy (non-hydrogen) atoms. The molecule has 4 rings (SSSR count). The highest BCUT2D eigenvalue weighted by molar-refractivity contribution is 5.53. The predicted molar refractivity (Wildman–Crippen MR) is 93.7 cm³/mol. The Morgan fingerprint density at radius 2 is 1.89 bits per heavy atom. The zero-order valence-corrected chi connectivity index (χ0v) is 14.2. The van der Waals surface area contributed by atoms with Gasteiger partial charge in [0.25, 0.3) is 5.89 Å². The van der Waals surface area contributed by atoms with Gasteiger partial charge in [-0.2, -0.15) is 19.9 Å². The van der Waals surface area contributed by atoms with E-state index in [1.54, 1.807) is 37.3 Å². The van der Waals surface area contributed by atoms with Crippen LogP contribution in [0.2, 0.25) is 0 Å². The van der Waals surface area contributed by atoms with Gasteiger partial charge in [0.05, 0.1) is 0 Å². The fourth-order valence-electron chi connectivity index (χ4n) is 2.35. The standard InChI is InChI=1S/C17H14FN7O2/c1-9-6-7-12(26-9)15-21-14(25-27-15)13-22-16(19)24-17(23-13)20-8-10-4-2-3-5-11(10)18/h2-7H,8H2,1H3,(H3,19,20,22,23,24). The van der Waals surface area contributed by atoms with Crippen LogP contribution >= 0.6 is 0 Å². The van der Waals surface area contributed by atoms with Crippen LogP contribution in [0.4, 0.5) is 16.3 Å². The van der Waals surface area contributed by atoms with E-state index in [-0.39, 0.29) is 41.8 Å². The number of nitrogens with one attached hydrogen (secondary N) is 1. The summed E-state index contributed by atoms with van der Waals surface area (Å²) in [5.41, 5.74) is 6.20. The fourth-order valence-corrected chi connectivity index (χ4v) is 2.35. The third-order valence-electron chi connectivity index (χ3n) is 3.62. The lowest BCUT2D eigenvalue weighted by Crippen LogP contribution is -2.09. The molecule has 0 radical (unpaired) electrons. The maximum absolute atomic E-state index is 13.7. The van der Waals surface area contributed by atoms with Crippen molar-refractivity contribution < 1.29 is 13.3 Å². The molecule has 0 aliphatic carbocycles. The first kappa shape index (κ1) is 16.6. The lowest BCUT2D eigenvalue weighted by Gasteiger charge is -2.06. The van der Waals surface area contributed by atoms with Gasteiger partial charge in [0.1, 0.15) is 11.6 Å². The molecule has 0 spiro atoms. The molecule has 3 aromatic heterocycles. The number of nitrogen functional groups attached to an aromatic ring is 1. The van der Waals surface area contributed by atoms with Crippen molar-refractivity contribution in [3.63, 3.8) is 0 Å². The van der Waals surface area contributed by atoms with Crippen LogP contribution in [0.5, 0.6) is 0 Å². The first-order valence-corrected chi connectivity index (χ1v) is 7.98. The van der Waals surface area contributed by atoms with E-state index in [2.05, 4.69) is 30.4 Å². The van der Waals surface area contributed by atoms with E-state index in [0.717, 1.165) is 0 Å². The molecule has 4 aromatic rings. The Morgan fingerprint density at radius 1 is 1.04 bits per heavy atom. The fraction of sp³-hybridized carbons (Fsp3) is 0.118. The zero-order valence-electron chi connectivity index (χ0n) is 14.2. The van der Waals surface area contributed by atoms with Crippen LogP contribution in [0.15, 0.2) is 45.3 Å². The van der Waals surface area contributed by atoms with E-state index in [9.17, 15) is 4.39 Å². The molecule has 0 unspecified atom stereocenters. The van der Waals surface area contributed by atoms with Crippen LogP contribution in [0.3, 0.4) is 0 Å². The van der Waals surface area contributed by atoms with Gasteiger partial charge in [-0.25, -0.2) is 4.39 Å². The van der Waals surface area contributed by atoms with Crippen molar-refractivity contribution in [2.75, 3.05) is 11.1 Å². The molecule has 0 saturated carbocycles. The molecule has 0 amide bonds. The summed E-state index contributed by atoms with van der Waals surface area (Å²) in [6, 6.07) is 9.89. The Bertz CT molecular complexity index is 1090. The van der Waals surface area contributed by atoms with Crippen LogP contribution in [0.25, 0.3) is 23.3 Å². The van der Waals surface area contributed by atoms with Crippen molar-refractivity contribution in [3.05, 3.63) is 53.5 Å². The van der Waals surface area contributed by atoms with Gasteiger partial charge in [-0.3, -0.25) is 0 Å². The van der Waals surface area contributed by atoms with Gasteiger partial charge in [0.15, 0.2) is 5.76 Å². The Labute approximate surface area is 152 Å². The molecule has 9 nitrogen and oxygen atoms in total. The Balaban J connectivity index is 1.57. The second-order valence-corrected chi connectivity index (χ2v) is 5.62. The number of furan rings is 1. The number of hydrogen-bond donors (Lipinski definition) is 2. The van der Waals surface area contributed by atoms with E-state index >= 15 is 0 Å². The third kappa shape index (κ3) is 3.59. The maximum atomic E-state index is 13.7. The van der Waals surface area contributed by atoms with Crippen molar-refractivity contribution in [3.8, 4) is 23.3 Å². The summed E-state index contributed by atoms with van der Waals surface area (Å²) in [5.74, 6) is 1.40. The summed E-state index contributed by atoms with van der Waals surface area (Å²) in [6.07, 6.45) is 0. The average Bonchev–Trinajstić information content (AvgIpc) is 3.29. The normalized spacial score (nSPS) is 10.9. The van der Waals surface area contributed by atoms with Crippen LogP contribution in [-0.4, -0.2) is 25.1 Å². The third-order valence-corrected chi connectivity index (χ3v) is 3.62. The van der Waals surface area contributed by atoms with Crippen molar-refractivity contribution in [2.24, 2.45) is 0 Å². The van der Waals surface area contributed by atoms with Gasteiger partial charge < -0.3 is 20.0 Å². The van der Waals surface area contributed by atoms with Gasteiger partial charge in [-0.05, 0) is 25.1 Å². The van der Waals surface area contributed by atoms with Crippen molar-refractivity contribution in [1.82, 2.24) is 25.1 Å². The topological polar surface area (TPSA) is 129 Å². The zero-order chi connectivity index (χ0) is 18.8. The Kier molecular flexibility index (Phi) is 4.21. The van der Waals surface area contributed by atoms with E-state index < -0.39 is 0 Å². The highest BCUT2D eigenvalue weighted by Crippen LogP contribution is 2.23. The maximum Gasteiger partial charge on any atom is 0.294 e. The second-order valence-electron chi connectivity index (χ2n) is 5.62. The van der Waals surface area contributed by atoms with Crippen molar-refractivity contribution in [2.45, 2.75) is 13.5 Å². The van der Waals surface area contributed by atoms with Crippen molar-refractivity contribution >= 4 is 11.9 Å². The number of nitrogens with zero attached hydrogens (tertiary/aromatic N) is 5. The first-order valence-electron chi connectivity index (χ1n) is 7.98. The minimum atomic E-state index is -0.330. The number of anilines is 2. The number of rotatable bonds is 5. The number of halogens is 1. The molecule has 10 heteroatoms. The predicted octanol–water partition coefficient (Wildman–Crippen LogP) is 2.82. The summed E-state index contributed by atoms with van der Waals surface area (Å²) in [4.78, 5) is 16.4. The molecule has 0 aliphatic rings. The number of hydrogen-bond acceptors (Lipinski definition) is 9. The lowest BCUT2D eigenvalue weighted by atomic mass is 10.2. The van der Waals surface area contributed by atoms with Crippen LogP contribution in [-0.2, 0) is 6.54 Å². The van der Waals surface area contributed by atoms with Crippen molar-refractivity contribution in [1.29, 1.82) is 0 Å². The van der Waals surface area contributed by atoms with Gasteiger partial charge in [0.2, 0.25) is 23.5 Å². The molecular weight excluding hydrogens is 353 g/mol. The van der Waals surface area contributed by atoms with E-state index in [1.807, 2.05) is 0 Å². The summed E-state index contributed by atoms with van der Waals surface area (Å²) in [6.45, 7) is 1.99. The first-order chi connectivity index (χ1) is 13.1. The Morgan fingerprint density at radius 3 is 2.67 bits per heavy atom. The molecule has 136 valence electrons. The minimum absolute atomic E-state index is 0.0313. The molecular formula is C17H14FN7O2. The van der Waals surface area contributed by atoms with Crippen LogP contribution in [0.1, 0.15) is 11.3 Å².